The predicted molar refractivity (Wildman–Crippen MR) is 84.4 cm³/mol. The first-order valence-electron chi connectivity index (χ1n) is 7.64. The van der Waals surface area contributed by atoms with E-state index in [1.165, 1.54) is 0 Å². The Bertz CT molecular complexity index is 578. The molecule has 128 valence electrons. The molecular weight excluding hydrogens is 300 g/mol. The zero-order valence-electron chi connectivity index (χ0n) is 13.9. The van der Waals surface area contributed by atoms with Crippen LogP contribution in [0.5, 0.6) is 0 Å². The number of aryl methyl sites for hydroxylation is 1. The molecule has 2 N–H and O–H groups in total. The Morgan fingerprint density at radius 1 is 1.43 bits per heavy atom. The zero-order chi connectivity index (χ0) is 17.2. The fourth-order valence-corrected chi connectivity index (χ4v) is 2.77. The molecule has 2 rings (SSSR count). The average molecular weight is 324 g/mol. The first-order valence-corrected chi connectivity index (χ1v) is 7.64. The molecule has 2 heterocycles. The molecule has 23 heavy (non-hydrogen) atoms. The third-order valence-electron chi connectivity index (χ3n) is 3.66. The molecule has 8 nitrogen and oxygen atoms in total. The van der Waals surface area contributed by atoms with E-state index in [9.17, 15) is 14.7 Å². The largest absolute Gasteiger partial charge is 0.480 e. The van der Waals surface area contributed by atoms with Crippen LogP contribution in [0.4, 0.5) is 10.5 Å². The van der Waals surface area contributed by atoms with Crippen LogP contribution in [0.1, 0.15) is 33.6 Å². The number of ether oxygens (including phenoxy) is 1. The van der Waals surface area contributed by atoms with Crippen molar-refractivity contribution in [3.8, 4) is 0 Å². The van der Waals surface area contributed by atoms with Crippen molar-refractivity contribution < 1.29 is 19.4 Å². The minimum atomic E-state index is -0.867. The van der Waals surface area contributed by atoms with E-state index in [2.05, 4.69) is 10.4 Å². The van der Waals surface area contributed by atoms with E-state index >= 15 is 0 Å². The van der Waals surface area contributed by atoms with Gasteiger partial charge in [-0.3, -0.25) is 4.68 Å². The van der Waals surface area contributed by atoms with Crippen LogP contribution in [0.2, 0.25) is 0 Å². The third-order valence-corrected chi connectivity index (χ3v) is 3.66. The lowest BCUT2D eigenvalue weighted by Gasteiger charge is -2.29. The van der Waals surface area contributed by atoms with Gasteiger partial charge in [0.2, 0.25) is 0 Å². The number of carboxylic acids is 1. The lowest BCUT2D eigenvalue weighted by atomic mass is 10.2. The molecule has 0 spiro atoms. The second kappa shape index (κ2) is 6.47. The summed E-state index contributed by atoms with van der Waals surface area (Å²) < 4.78 is 6.85. The van der Waals surface area contributed by atoms with Gasteiger partial charge < -0.3 is 20.1 Å². The molecule has 0 saturated carbocycles. The average Bonchev–Trinajstić information content (AvgIpc) is 2.99. The molecule has 2 atom stereocenters. The van der Waals surface area contributed by atoms with Gasteiger partial charge in [-0.05, 0) is 33.6 Å². The molecule has 8 heteroatoms. The van der Waals surface area contributed by atoms with Crippen molar-refractivity contribution in [3.05, 3.63) is 12.4 Å². The summed E-state index contributed by atoms with van der Waals surface area (Å²) in [7, 11) is 1.78. The van der Waals surface area contributed by atoms with Crippen molar-refractivity contribution in [1.29, 1.82) is 0 Å². The lowest BCUT2D eigenvalue weighted by molar-refractivity contribution is -0.138. The summed E-state index contributed by atoms with van der Waals surface area (Å²) in [6, 6.07) is -0.711. The van der Waals surface area contributed by atoms with Crippen molar-refractivity contribution in [1.82, 2.24) is 15.1 Å². The van der Waals surface area contributed by atoms with E-state index in [-0.39, 0.29) is 6.04 Å². The maximum absolute atomic E-state index is 11.8. The number of anilines is 1. The molecule has 1 aromatic heterocycles. The van der Waals surface area contributed by atoms with Crippen molar-refractivity contribution in [2.24, 2.45) is 7.05 Å². The van der Waals surface area contributed by atoms with E-state index in [0.29, 0.717) is 19.4 Å². The first-order chi connectivity index (χ1) is 10.7. The number of hydrogen-bond acceptors (Lipinski definition) is 5. The molecule has 1 saturated heterocycles. The van der Waals surface area contributed by atoms with Crippen LogP contribution in [-0.2, 0) is 16.6 Å². The molecule has 1 aromatic rings. The summed E-state index contributed by atoms with van der Waals surface area (Å²) in [5.41, 5.74) is 0.181. The highest BCUT2D eigenvalue weighted by atomic mass is 16.6. The van der Waals surface area contributed by atoms with Gasteiger partial charge in [0, 0.05) is 25.8 Å². The number of carbonyl (C=O) groups is 2. The Labute approximate surface area is 135 Å². The highest BCUT2D eigenvalue weighted by Crippen LogP contribution is 2.30. The molecule has 0 aromatic carbocycles. The van der Waals surface area contributed by atoms with Crippen molar-refractivity contribution in [2.45, 2.75) is 51.3 Å². The van der Waals surface area contributed by atoms with Crippen LogP contribution in [0.3, 0.4) is 0 Å². The number of hydrogen-bond donors (Lipinski definition) is 2. The number of nitrogens with zero attached hydrogens (tertiary/aromatic N) is 3. The molecule has 1 amide bonds. The Balaban J connectivity index is 2.05. The molecular formula is C15H24N4O4. The second-order valence-corrected chi connectivity index (χ2v) is 6.75. The Morgan fingerprint density at radius 2 is 2.13 bits per heavy atom. The molecule has 1 fully saturated rings. The molecule has 0 aliphatic carbocycles. The summed E-state index contributed by atoms with van der Waals surface area (Å²) in [5.74, 6) is -0.867. The number of carboxylic acid groups (broad SMARTS) is 1. The zero-order valence-corrected chi connectivity index (χ0v) is 13.9. The van der Waals surface area contributed by atoms with E-state index in [4.69, 9.17) is 4.74 Å². The number of carbonyl (C=O) groups excluding carboxylic acids is 1. The standard InChI is InChI=1S/C15H24N4O4/c1-15(2,3)23-14(22)16-7-10-5-6-12(13(20)21)19(10)11-8-17-18(4)9-11/h8-10,12H,5-7H2,1-4H3,(H,16,22)(H,20,21)/t10-,12+/m0/s1. The number of amides is 1. The van der Waals surface area contributed by atoms with Crippen LogP contribution in [-0.4, -0.2) is 51.2 Å². The summed E-state index contributed by atoms with van der Waals surface area (Å²) >= 11 is 0. The van der Waals surface area contributed by atoms with E-state index < -0.39 is 23.7 Å². The SMILES string of the molecule is Cn1cc(N2[C@H](CNC(=O)OC(C)(C)C)CC[C@@H]2C(=O)O)cn1. The fourth-order valence-electron chi connectivity index (χ4n) is 2.77. The normalized spacial score (nSPS) is 21.3. The summed E-state index contributed by atoms with van der Waals surface area (Å²) in [6.45, 7) is 5.72. The van der Waals surface area contributed by atoms with Gasteiger partial charge in [0.15, 0.2) is 0 Å². The van der Waals surface area contributed by atoms with Gasteiger partial charge >= 0.3 is 12.1 Å². The van der Waals surface area contributed by atoms with Gasteiger partial charge in [0.25, 0.3) is 0 Å². The van der Waals surface area contributed by atoms with Crippen LogP contribution in [0, 0.1) is 0 Å². The van der Waals surface area contributed by atoms with E-state index in [0.717, 1.165) is 5.69 Å². The predicted octanol–water partition coefficient (Wildman–Crippen LogP) is 1.37. The number of rotatable bonds is 4. The fraction of sp³-hybridized carbons (Fsp3) is 0.667. The highest BCUT2D eigenvalue weighted by molar-refractivity contribution is 5.79. The Kier molecular flexibility index (Phi) is 4.82. The number of aromatic nitrogens is 2. The van der Waals surface area contributed by atoms with Crippen LogP contribution >= 0.6 is 0 Å². The van der Waals surface area contributed by atoms with Crippen LogP contribution in [0.25, 0.3) is 0 Å². The van der Waals surface area contributed by atoms with Gasteiger partial charge in [-0.15, -0.1) is 0 Å². The summed E-state index contributed by atoms with van der Waals surface area (Å²) in [5, 5.41) is 16.2. The minimum absolute atomic E-state index is 0.104. The van der Waals surface area contributed by atoms with E-state index in [1.807, 2.05) is 4.90 Å². The minimum Gasteiger partial charge on any atom is -0.480 e. The maximum Gasteiger partial charge on any atom is 0.407 e. The van der Waals surface area contributed by atoms with Gasteiger partial charge in [-0.1, -0.05) is 0 Å². The van der Waals surface area contributed by atoms with Crippen molar-refractivity contribution in [2.75, 3.05) is 11.4 Å². The Hall–Kier alpha value is -2.25. The first kappa shape index (κ1) is 17.1. The topological polar surface area (TPSA) is 96.7 Å². The molecule has 0 unspecified atom stereocenters. The molecule has 1 aliphatic rings. The smallest absolute Gasteiger partial charge is 0.407 e. The monoisotopic (exact) mass is 324 g/mol. The number of alkyl carbamates (subject to hydrolysis) is 1. The highest BCUT2D eigenvalue weighted by Gasteiger charge is 2.38. The lowest BCUT2D eigenvalue weighted by Crippen LogP contribution is -2.46. The molecule has 0 radical (unpaired) electrons. The van der Waals surface area contributed by atoms with Gasteiger partial charge in [0.05, 0.1) is 11.9 Å². The van der Waals surface area contributed by atoms with Gasteiger partial charge in [-0.2, -0.15) is 5.10 Å². The number of aliphatic carboxylic acids is 1. The quantitative estimate of drug-likeness (QED) is 0.868. The van der Waals surface area contributed by atoms with Crippen LogP contribution < -0.4 is 10.2 Å². The maximum atomic E-state index is 11.8. The second-order valence-electron chi connectivity index (χ2n) is 6.75. The van der Waals surface area contributed by atoms with Crippen LogP contribution in [0.15, 0.2) is 12.4 Å². The summed E-state index contributed by atoms with van der Waals surface area (Å²) in [4.78, 5) is 25.1. The Morgan fingerprint density at radius 3 is 2.65 bits per heavy atom. The van der Waals surface area contributed by atoms with E-state index in [1.54, 1.807) is 44.9 Å². The molecule has 0 bridgehead atoms. The summed E-state index contributed by atoms with van der Waals surface area (Å²) in [6.07, 6.45) is 4.14. The number of nitrogens with one attached hydrogen (secondary N) is 1. The van der Waals surface area contributed by atoms with Crippen molar-refractivity contribution >= 4 is 17.7 Å². The van der Waals surface area contributed by atoms with Crippen molar-refractivity contribution in [3.63, 3.8) is 0 Å². The molecule has 1 aliphatic heterocycles. The van der Waals surface area contributed by atoms with Gasteiger partial charge in [-0.25, -0.2) is 9.59 Å². The van der Waals surface area contributed by atoms with Gasteiger partial charge in [0.1, 0.15) is 11.6 Å². The third kappa shape index (κ3) is 4.37.